The van der Waals surface area contributed by atoms with E-state index >= 15 is 0 Å². The molecule has 0 aliphatic rings. The Balaban J connectivity index is 2.09. The molecule has 0 aliphatic heterocycles. The average Bonchev–Trinajstić information content (AvgIpc) is 2.61. The summed E-state index contributed by atoms with van der Waals surface area (Å²) in [7, 11) is 1.59. The first-order valence-electron chi connectivity index (χ1n) is 8.14. The van der Waals surface area contributed by atoms with E-state index in [4.69, 9.17) is 4.74 Å². The van der Waals surface area contributed by atoms with Gasteiger partial charge in [0.2, 0.25) is 5.91 Å². The van der Waals surface area contributed by atoms with E-state index in [0.717, 1.165) is 11.3 Å². The molecule has 0 aromatic heterocycles. The van der Waals surface area contributed by atoms with Crippen LogP contribution in [0.2, 0.25) is 0 Å². The molecular formula is C20H24FNO3. The van der Waals surface area contributed by atoms with Crippen molar-refractivity contribution in [3.05, 3.63) is 65.5 Å². The Kier molecular flexibility index (Phi) is 5.80. The SMILES string of the molecule is COc1ccc(C(C)(C)C(=O)NC(C)C(O)c2ccc(F)cc2)cc1. The second kappa shape index (κ2) is 7.66. The molecule has 2 unspecified atom stereocenters. The summed E-state index contributed by atoms with van der Waals surface area (Å²) < 4.78 is 18.1. The van der Waals surface area contributed by atoms with Crippen LogP contribution in [0, 0.1) is 5.82 Å². The summed E-state index contributed by atoms with van der Waals surface area (Å²) >= 11 is 0. The molecule has 0 saturated heterocycles. The third-order valence-electron chi connectivity index (χ3n) is 4.42. The molecular weight excluding hydrogens is 321 g/mol. The maximum Gasteiger partial charge on any atom is 0.230 e. The van der Waals surface area contributed by atoms with Gasteiger partial charge in [0.1, 0.15) is 11.6 Å². The fourth-order valence-electron chi connectivity index (χ4n) is 2.55. The van der Waals surface area contributed by atoms with Crippen LogP contribution in [0.25, 0.3) is 0 Å². The maximum absolute atomic E-state index is 13.0. The highest BCUT2D eigenvalue weighted by molar-refractivity contribution is 5.87. The molecule has 0 saturated carbocycles. The third kappa shape index (κ3) is 4.37. The number of benzene rings is 2. The molecule has 5 heteroatoms. The maximum atomic E-state index is 13.0. The summed E-state index contributed by atoms with van der Waals surface area (Å²) in [6.07, 6.45) is -0.920. The number of carbonyl (C=O) groups is 1. The molecule has 4 nitrogen and oxygen atoms in total. The van der Waals surface area contributed by atoms with Gasteiger partial charge in [-0.15, -0.1) is 0 Å². The monoisotopic (exact) mass is 345 g/mol. The minimum atomic E-state index is -0.920. The summed E-state index contributed by atoms with van der Waals surface area (Å²) in [5.41, 5.74) is 0.619. The molecule has 25 heavy (non-hydrogen) atoms. The van der Waals surface area contributed by atoms with Gasteiger partial charge in [-0.1, -0.05) is 24.3 Å². The first-order chi connectivity index (χ1) is 11.8. The third-order valence-corrected chi connectivity index (χ3v) is 4.42. The zero-order chi connectivity index (χ0) is 18.6. The number of amides is 1. The van der Waals surface area contributed by atoms with Gasteiger partial charge in [0, 0.05) is 0 Å². The van der Waals surface area contributed by atoms with Gasteiger partial charge in [0.15, 0.2) is 0 Å². The minimum Gasteiger partial charge on any atom is -0.497 e. The Hall–Kier alpha value is -2.40. The number of hydrogen-bond donors (Lipinski definition) is 2. The van der Waals surface area contributed by atoms with E-state index in [2.05, 4.69) is 5.32 Å². The molecule has 2 aromatic carbocycles. The minimum absolute atomic E-state index is 0.202. The number of rotatable bonds is 6. The van der Waals surface area contributed by atoms with Crippen molar-refractivity contribution in [2.24, 2.45) is 0 Å². The standard InChI is InChI=1S/C20H24FNO3/c1-13(18(23)14-5-9-16(21)10-6-14)22-19(24)20(2,3)15-7-11-17(25-4)12-8-15/h5-13,18,23H,1-4H3,(H,22,24). The number of carbonyl (C=O) groups excluding carboxylic acids is 1. The van der Waals surface area contributed by atoms with Crippen molar-refractivity contribution in [3.8, 4) is 5.75 Å². The van der Waals surface area contributed by atoms with Gasteiger partial charge in [0.25, 0.3) is 0 Å². The highest BCUT2D eigenvalue weighted by atomic mass is 19.1. The molecule has 0 heterocycles. The van der Waals surface area contributed by atoms with Crippen molar-refractivity contribution in [1.82, 2.24) is 5.32 Å². The van der Waals surface area contributed by atoms with Gasteiger partial charge in [-0.25, -0.2) is 4.39 Å². The lowest BCUT2D eigenvalue weighted by molar-refractivity contribution is -0.127. The molecule has 2 atom stereocenters. The van der Waals surface area contributed by atoms with Crippen LogP contribution in [0.3, 0.4) is 0 Å². The van der Waals surface area contributed by atoms with Crippen LogP contribution in [0.15, 0.2) is 48.5 Å². The molecule has 0 bridgehead atoms. The Morgan fingerprint density at radius 3 is 2.20 bits per heavy atom. The van der Waals surface area contributed by atoms with Crippen molar-refractivity contribution >= 4 is 5.91 Å². The van der Waals surface area contributed by atoms with E-state index in [1.165, 1.54) is 24.3 Å². The van der Waals surface area contributed by atoms with Crippen LogP contribution in [0.1, 0.15) is 38.0 Å². The largest absolute Gasteiger partial charge is 0.497 e. The van der Waals surface area contributed by atoms with Gasteiger partial charge < -0.3 is 15.2 Å². The Morgan fingerprint density at radius 1 is 1.12 bits per heavy atom. The highest BCUT2D eigenvalue weighted by Crippen LogP contribution is 2.26. The van der Waals surface area contributed by atoms with Crippen molar-refractivity contribution in [2.75, 3.05) is 7.11 Å². The summed E-state index contributed by atoms with van der Waals surface area (Å²) in [5, 5.41) is 13.2. The van der Waals surface area contributed by atoms with E-state index < -0.39 is 17.6 Å². The molecule has 134 valence electrons. The molecule has 0 fully saturated rings. The van der Waals surface area contributed by atoms with Crippen LogP contribution in [-0.2, 0) is 10.2 Å². The van der Waals surface area contributed by atoms with Crippen LogP contribution in [0.5, 0.6) is 5.75 Å². The van der Waals surface area contributed by atoms with Gasteiger partial charge in [-0.3, -0.25) is 4.79 Å². The van der Waals surface area contributed by atoms with Crippen LogP contribution < -0.4 is 10.1 Å². The van der Waals surface area contributed by atoms with E-state index in [0.29, 0.717) is 5.56 Å². The van der Waals surface area contributed by atoms with Gasteiger partial charge in [-0.2, -0.15) is 0 Å². The summed E-state index contributed by atoms with van der Waals surface area (Å²) in [6, 6.07) is 12.4. The fourth-order valence-corrected chi connectivity index (χ4v) is 2.55. The molecule has 2 aromatic rings. The lowest BCUT2D eigenvalue weighted by atomic mass is 9.83. The smallest absolute Gasteiger partial charge is 0.230 e. The van der Waals surface area contributed by atoms with Crippen LogP contribution in [-0.4, -0.2) is 24.2 Å². The molecule has 2 N–H and O–H groups in total. The van der Waals surface area contributed by atoms with Crippen molar-refractivity contribution < 1.29 is 19.0 Å². The normalized spacial score (nSPS) is 13.8. The summed E-state index contributed by atoms with van der Waals surface area (Å²) in [6.45, 7) is 5.36. The fraction of sp³-hybridized carbons (Fsp3) is 0.350. The highest BCUT2D eigenvalue weighted by Gasteiger charge is 2.32. The van der Waals surface area contributed by atoms with Crippen molar-refractivity contribution in [1.29, 1.82) is 0 Å². The predicted octanol–water partition coefficient (Wildman–Crippen LogP) is 3.35. The lowest BCUT2D eigenvalue weighted by Crippen LogP contribution is -2.46. The average molecular weight is 345 g/mol. The topological polar surface area (TPSA) is 58.6 Å². The zero-order valence-corrected chi connectivity index (χ0v) is 14.9. The first-order valence-corrected chi connectivity index (χ1v) is 8.14. The lowest BCUT2D eigenvalue weighted by Gasteiger charge is -2.28. The quantitative estimate of drug-likeness (QED) is 0.844. The van der Waals surface area contributed by atoms with Crippen LogP contribution in [0.4, 0.5) is 4.39 Å². The second-order valence-corrected chi connectivity index (χ2v) is 6.61. The number of ether oxygens (including phenoxy) is 1. The number of halogens is 1. The van der Waals surface area contributed by atoms with Gasteiger partial charge in [0.05, 0.1) is 24.7 Å². The van der Waals surface area contributed by atoms with E-state index in [1.807, 2.05) is 26.0 Å². The Bertz CT molecular complexity index is 711. The Morgan fingerprint density at radius 2 is 1.68 bits per heavy atom. The van der Waals surface area contributed by atoms with Crippen LogP contribution >= 0.6 is 0 Å². The van der Waals surface area contributed by atoms with Gasteiger partial charge in [-0.05, 0) is 56.2 Å². The molecule has 0 spiro atoms. The number of aliphatic hydroxyl groups excluding tert-OH is 1. The van der Waals surface area contributed by atoms with E-state index in [1.54, 1.807) is 26.2 Å². The molecule has 0 radical (unpaired) electrons. The molecule has 2 rings (SSSR count). The second-order valence-electron chi connectivity index (χ2n) is 6.61. The van der Waals surface area contributed by atoms with Crippen molar-refractivity contribution in [3.63, 3.8) is 0 Å². The van der Waals surface area contributed by atoms with E-state index in [-0.39, 0.29) is 11.7 Å². The number of nitrogens with one attached hydrogen (secondary N) is 1. The van der Waals surface area contributed by atoms with Crippen molar-refractivity contribution in [2.45, 2.75) is 38.3 Å². The predicted molar refractivity (Wildman–Crippen MR) is 95.0 cm³/mol. The first kappa shape index (κ1) is 18.9. The summed E-state index contributed by atoms with van der Waals surface area (Å²) in [5.74, 6) is 0.152. The number of methoxy groups -OCH3 is 1. The van der Waals surface area contributed by atoms with E-state index in [9.17, 15) is 14.3 Å². The summed E-state index contributed by atoms with van der Waals surface area (Å²) in [4.78, 5) is 12.7. The number of aliphatic hydroxyl groups is 1. The zero-order valence-electron chi connectivity index (χ0n) is 14.9. The Labute approximate surface area is 147 Å². The van der Waals surface area contributed by atoms with Gasteiger partial charge >= 0.3 is 0 Å². The molecule has 1 amide bonds. The molecule has 0 aliphatic carbocycles. The number of hydrogen-bond acceptors (Lipinski definition) is 3.